The molecule has 24 heavy (non-hydrogen) atoms. The summed E-state index contributed by atoms with van der Waals surface area (Å²) in [6.45, 7) is 3.74. The van der Waals surface area contributed by atoms with Crippen LogP contribution in [0.3, 0.4) is 0 Å². The minimum absolute atomic E-state index is 0.267. The summed E-state index contributed by atoms with van der Waals surface area (Å²) in [6.07, 6.45) is -0.131. The third kappa shape index (κ3) is 4.49. The van der Waals surface area contributed by atoms with E-state index in [1.165, 1.54) is 0 Å². The van der Waals surface area contributed by atoms with Crippen molar-refractivity contribution in [3.63, 3.8) is 0 Å². The molecular weight excluding hydrogens is 328 g/mol. The summed E-state index contributed by atoms with van der Waals surface area (Å²) in [5.41, 5.74) is 7.02. The Bertz CT molecular complexity index is 744. The molecule has 0 aromatic heterocycles. The van der Waals surface area contributed by atoms with E-state index in [4.69, 9.17) is 22.1 Å². The van der Waals surface area contributed by atoms with Crippen molar-refractivity contribution in [3.05, 3.63) is 58.6 Å². The zero-order chi connectivity index (χ0) is 17.7. The van der Waals surface area contributed by atoms with Crippen molar-refractivity contribution < 1.29 is 14.3 Å². The molecule has 5 nitrogen and oxygen atoms in total. The standard InChI is InChI=1S/C18H19ClN2O3/c1-3-16(24-14-8-9-15(19)11(2)10-14)18(23)21-13-6-4-12(5-7-13)17(20)22/h4-10,16H,3H2,1-2H3,(H2,20,22)(H,21,23)/t16-/m0/s1. The number of hydrogen-bond donors (Lipinski definition) is 2. The highest BCUT2D eigenvalue weighted by Gasteiger charge is 2.19. The fraction of sp³-hybridized carbons (Fsp3) is 0.222. The second-order valence-corrected chi connectivity index (χ2v) is 5.76. The number of nitrogens with two attached hydrogens (primary N) is 1. The lowest BCUT2D eigenvalue weighted by molar-refractivity contribution is -0.122. The summed E-state index contributed by atoms with van der Waals surface area (Å²) in [6, 6.07) is 11.6. The van der Waals surface area contributed by atoms with Crippen LogP contribution in [0.15, 0.2) is 42.5 Å². The van der Waals surface area contributed by atoms with E-state index in [0.717, 1.165) is 5.56 Å². The number of carbonyl (C=O) groups is 2. The van der Waals surface area contributed by atoms with E-state index in [-0.39, 0.29) is 5.91 Å². The van der Waals surface area contributed by atoms with Gasteiger partial charge < -0.3 is 15.8 Å². The molecule has 0 saturated carbocycles. The first kappa shape index (κ1) is 17.8. The lowest BCUT2D eigenvalue weighted by atomic mass is 10.2. The maximum absolute atomic E-state index is 12.4. The average molecular weight is 347 g/mol. The highest BCUT2D eigenvalue weighted by atomic mass is 35.5. The van der Waals surface area contributed by atoms with Gasteiger partial charge in [0.1, 0.15) is 5.75 Å². The number of benzene rings is 2. The van der Waals surface area contributed by atoms with Gasteiger partial charge >= 0.3 is 0 Å². The van der Waals surface area contributed by atoms with E-state index in [1.807, 2.05) is 13.8 Å². The first-order chi connectivity index (χ1) is 11.4. The Hall–Kier alpha value is -2.53. The molecule has 0 heterocycles. The zero-order valence-corrected chi connectivity index (χ0v) is 14.3. The van der Waals surface area contributed by atoms with Crippen LogP contribution in [0.2, 0.25) is 5.02 Å². The number of carbonyl (C=O) groups excluding carboxylic acids is 2. The van der Waals surface area contributed by atoms with Crippen LogP contribution in [-0.4, -0.2) is 17.9 Å². The molecule has 1 atom stereocenters. The van der Waals surface area contributed by atoms with Gasteiger partial charge in [0.25, 0.3) is 5.91 Å². The SMILES string of the molecule is CC[C@H](Oc1ccc(Cl)c(C)c1)C(=O)Nc1ccc(C(N)=O)cc1. The predicted octanol–water partition coefficient (Wildman–Crippen LogP) is 3.54. The average Bonchev–Trinajstić information content (AvgIpc) is 2.56. The van der Waals surface area contributed by atoms with Gasteiger partial charge in [0, 0.05) is 16.3 Å². The first-order valence-electron chi connectivity index (χ1n) is 7.54. The van der Waals surface area contributed by atoms with Gasteiger partial charge in [0.15, 0.2) is 6.10 Å². The van der Waals surface area contributed by atoms with E-state index in [1.54, 1.807) is 42.5 Å². The maximum atomic E-state index is 12.4. The van der Waals surface area contributed by atoms with Gasteiger partial charge in [-0.1, -0.05) is 18.5 Å². The number of amides is 2. The van der Waals surface area contributed by atoms with Crippen LogP contribution < -0.4 is 15.8 Å². The van der Waals surface area contributed by atoms with Crippen molar-refractivity contribution >= 4 is 29.1 Å². The molecule has 0 spiro atoms. The maximum Gasteiger partial charge on any atom is 0.265 e. The van der Waals surface area contributed by atoms with Crippen molar-refractivity contribution in [1.82, 2.24) is 0 Å². The van der Waals surface area contributed by atoms with E-state index in [2.05, 4.69) is 5.32 Å². The molecule has 0 fully saturated rings. The molecular formula is C18H19ClN2O3. The lowest BCUT2D eigenvalue weighted by Crippen LogP contribution is -2.32. The molecule has 0 unspecified atom stereocenters. The van der Waals surface area contributed by atoms with Crippen LogP contribution >= 0.6 is 11.6 Å². The van der Waals surface area contributed by atoms with Gasteiger partial charge in [0.05, 0.1) is 0 Å². The molecule has 0 aliphatic heterocycles. The molecule has 0 radical (unpaired) electrons. The summed E-state index contributed by atoms with van der Waals surface area (Å²) < 4.78 is 5.75. The van der Waals surface area contributed by atoms with E-state index in [9.17, 15) is 9.59 Å². The Balaban J connectivity index is 2.05. The highest BCUT2D eigenvalue weighted by molar-refractivity contribution is 6.31. The fourth-order valence-electron chi connectivity index (χ4n) is 2.12. The molecule has 2 aromatic carbocycles. The van der Waals surface area contributed by atoms with Crippen molar-refractivity contribution in [3.8, 4) is 5.75 Å². The minimum atomic E-state index is -0.638. The zero-order valence-electron chi connectivity index (χ0n) is 13.5. The molecule has 2 rings (SSSR count). The number of nitrogens with one attached hydrogen (secondary N) is 1. The second-order valence-electron chi connectivity index (χ2n) is 5.36. The Morgan fingerprint density at radius 2 is 1.88 bits per heavy atom. The summed E-state index contributed by atoms with van der Waals surface area (Å²) >= 11 is 5.99. The predicted molar refractivity (Wildman–Crippen MR) is 94.5 cm³/mol. The summed E-state index contributed by atoms with van der Waals surface area (Å²) in [7, 11) is 0. The molecule has 2 aromatic rings. The number of halogens is 1. The number of aryl methyl sites for hydroxylation is 1. The van der Waals surface area contributed by atoms with Crippen molar-refractivity contribution in [2.45, 2.75) is 26.4 Å². The minimum Gasteiger partial charge on any atom is -0.481 e. The summed E-state index contributed by atoms with van der Waals surface area (Å²) in [5, 5.41) is 3.41. The smallest absolute Gasteiger partial charge is 0.265 e. The van der Waals surface area contributed by atoms with Crippen molar-refractivity contribution in [2.75, 3.05) is 5.32 Å². The molecule has 0 aliphatic rings. The van der Waals surface area contributed by atoms with Crippen molar-refractivity contribution in [1.29, 1.82) is 0 Å². The molecule has 0 saturated heterocycles. The second kappa shape index (κ2) is 7.84. The van der Waals surface area contributed by atoms with E-state index >= 15 is 0 Å². The highest BCUT2D eigenvalue weighted by Crippen LogP contribution is 2.22. The van der Waals surface area contributed by atoms with Gasteiger partial charge in [-0.3, -0.25) is 9.59 Å². The number of rotatable bonds is 6. The van der Waals surface area contributed by atoms with E-state index in [0.29, 0.717) is 28.4 Å². The first-order valence-corrected chi connectivity index (χ1v) is 7.92. The van der Waals surface area contributed by atoms with Gasteiger partial charge in [-0.2, -0.15) is 0 Å². The molecule has 6 heteroatoms. The van der Waals surface area contributed by atoms with Gasteiger partial charge in [-0.15, -0.1) is 0 Å². The van der Waals surface area contributed by atoms with Crippen molar-refractivity contribution in [2.24, 2.45) is 5.73 Å². The third-order valence-corrected chi connectivity index (χ3v) is 3.93. The Kier molecular flexibility index (Phi) is 5.82. The van der Waals surface area contributed by atoms with Crippen LogP contribution in [0.25, 0.3) is 0 Å². The molecule has 126 valence electrons. The van der Waals surface area contributed by atoms with Gasteiger partial charge in [-0.25, -0.2) is 0 Å². The Labute approximate surface area is 145 Å². The number of hydrogen-bond acceptors (Lipinski definition) is 3. The van der Waals surface area contributed by atoms with Crippen LogP contribution in [0.5, 0.6) is 5.75 Å². The van der Waals surface area contributed by atoms with E-state index < -0.39 is 12.0 Å². The van der Waals surface area contributed by atoms with Crippen LogP contribution in [0.1, 0.15) is 29.3 Å². The molecule has 0 bridgehead atoms. The monoisotopic (exact) mass is 346 g/mol. The van der Waals surface area contributed by atoms with Crippen LogP contribution in [-0.2, 0) is 4.79 Å². The molecule has 0 aliphatic carbocycles. The topological polar surface area (TPSA) is 81.4 Å². The normalized spacial score (nSPS) is 11.6. The lowest BCUT2D eigenvalue weighted by Gasteiger charge is -2.18. The third-order valence-electron chi connectivity index (χ3n) is 3.51. The number of primary amides is 1. The molecule has 2 amide bonds. The fourth-order valence-corrected chi connectivity index (χ4v) is 2.24. The summed E-state index contributed by atoms with van der Waals surface area (Å²) in [5.74, 6) is -0.194. The molecule has 3 N–H and O–H groups in total. The summed E-state index contributed by atoms with van der Waals surface area (Å²) in [4.78, 5) is 23.4. The quantitative estimate of drug-likeness (QED) is 0.839. The van der Waals surface area contributed by atoms with Gasteiger partial charge in [0.2, 0.25) is 5.91 Å². The number of anilines is 1. The van der Waals surface area contributed by atoms with Crippen LogP contribution in [0, 0.1) is 6.92 Å². The Morgan fingerprint density at radius 3 is 2.42 bits per heavy atom. The van der Waals surface area contributed by atoms with Gasteiger partial charge in [-0.05, 0) is 61.4 Å². The Morgan fingerprint density at radius 1 is 1.21 bits per heavy atom. The number of ether oxygens (including phenoxy) is 1. The largest absolute Gasteiger partial charge is 0.481 e. The van der Waals surface area contributed by atoms with Crippen LogP contribution in [0.4, 0.5) is 5.69 Å².